The number of hydrogen-bond donors (Lipinski definition) is 9. The number of carbonyl (C=O) groups is 8. The molecule has 10 N–H and O–H groups in total. The minimum atomic E-state index is -1.09. The van der Waals surface area contributed by atoms with E-state index in [-0.39, 0.29) is 11.9 Å². The molecular formula is C24H41N9O8. The van der Waals surface area contributed by atoms with Crippen molar-refractivity contribution in [3.63, 3.8) is 0 Å². The lowest BCUT2D eigenvalue weighted by atomic mass is 10.2. The maximum Gasteiger partial charge on any atom is 0.242 e. The summed E-state index contributed by atoms with van der Waals surface area (Å²) in [5.74, 6) is -5.04. The van der Waals surface area contributed by atoms with Crippen molar-refractivity contribution in [2.75, 3.05) is 19.6 Å². The molecule has 0 unspecified atom stereocenters. The zero-order chi connectivity index (χ0) is 31.3. The van der Waals surface area contributed by atoms with Crippen LogP contribution >= 0.6 is 0 Å². The van der Waals surface area contributed by atoms with Crippen LogP contribution in [0.1, 0.15) is 47.5 Å². The fourth-order valence-electron chi connectivity index (χ4n) is 3.51. The molecule has 41 heavy (non-hydrogen) atoms. The first-order valence-electron chi connectivity index (χ1n) is 13.2. The van der Waals surface area contributed by atoms with Gasteiger partial charge in [-0.2, -0.15) is 0 Å². The highest BCUT2D eigenvalue weighted by molar-refractivity contribution is 5.96. The lowest BCUT2D eigenvalue weighted by Crippen LogP contribution is -2.56. The van der Waals surface area contributed by atoms with Crippen LogP contribution in [0.3, 0.4) is 0 Å². The number of primary amides is 1. The molecule has 1 aliphatic rings. The third kappa shape index (κ3) is 12.6. The van der Waals surface area contributed by atoms with Gasteiger partial charge < -0.3 is 48.3 Å². The second-order valence-electron chi connectivity index (χ2n) is 9.76. The molecule has 0 radical (unpaired) electrons. The largest absolute Gasteiger partial charge is 0.368 e. The van der Waals surface area contributed by atoms with Crippen molar-refractivity contribution in [1.29, 1.82) is 0 Å². The van der Waals surface area contributed by atoms with Crippen molar-refractivity contribution in [2.24, 2.45) is 5.73 Å². The number of nitrogens with two attached hydrogens (primary N) is 1. The molecule has 17 nitrogen and oxygen atoms in total. The van der Waals surface area contributed by atoms with Gasteiger partial charge >= 0.3 is 0 Å². The van der Waals surface area contributed by atoms with E-state index in [0.717, 1.165) is 13.0 Å². The third-order valence-electron chi connectivity index (χ3n) is 6.02. The summed E-state index contributed by atoms with van der Waals surface area (Å²) in [7, 11) is 0. The average Bonchev–Trinajstić information content (AvgIpc) is 3.45. The van der Waals surface area contributed by atoms with Gasteiger partial charge in [0.1, 0.15) is 30.2 Å². The van der Waals surface area contributed by atoms with Crippen LogP contribution in [0.25, 0.3) is 0 Å². The van der Waals surface area contributed by atoms with Gasteiger partial charge in [-0.3, -0.25) is 38.4 Å². The Morgan fingerprint density at radius 2 is 1.05 bits per heavy atom. The van der Waals surface area contributed by atoms with Crippen LogP contribution in [0.5, 0.6) is 0 Å². The van der Waals surface area contributed by atoms with E-state index in [4.69, 9.17) is 5.73 Å². The van der Waals surface area contributed by atoms with E-state index in [9.17, 15) is 38.4 Å². The first-order chi connectivity index (χ1) is 19.1. The molecule has 0 aromatic heterocycles. The number of rotatable bonds is 15. The summed E-state index contributed by atoms with van der Waals surface area (Å²) in [6, 6.07) is -5.47. The summed E-state index contributed by atoms with van der Waals surface area (Å²) in [5, 5.41) is 19.8. The smallest absolute Gasteiger partial charge is 0.242 e. The predicted molar refractivity (Wildman–Crippen MR) is 144 cm³/mol. The van der Waals surface area contributed by atoms with Gasteiger partial charge in [0.25, 0.3) is 0 Å². The normalized spacial score (nSPS) is 17.8. The molecule has 0 aromatic rings. The van der Waals surface area contributed by atoms with Crippen LogP contribution in [0, 0.1) is 0 Å². The molecule has 230 valence electrons. The topological polar surface area (TPSA) is 259 Å². The van der Waals surface area contributed by atoms with Crippen molar-refractivity contribution >= 4 is 47.3 Å². The predicted octanol–water partition coefficient (Wildman–Crippen LogP) is -5.02. The van der Waals surface area contributed by atoms with Crippen LogP contribution in [-0.2, 0) is 38.4 Å². The summed E-state index contributed by atoms with van der Waals surface area (Å²) in [5.41, 5.74) is 4.95. The Hall–Kier alpha value is -4.28. The Labute approximate surface area is 237 Å². The number of nitrogens with one attached hydrogen (secondary N) is 8. The Kier molecular flexibility index (Phi) is 14.2. The highest BCUT2D eigenvalue weighted by Gasteiger charge is 2.27. The van der Waals surface area contributed by atoms with Gasteiger partial charge in [-0.1, -0.05) is 0 Å². The molecule has 0 aromatic carbocycles. The van der Waals surface area contributed by atoms with E-state index in [1.807, 2.05) is 0 Å². The van der Waals surface area contributed by atoms with E-state index >= 15 is 0 Å². The van der Waals surface area contributed by atoms with E-state index in [2.05, 4.69) is 42.5 Å². The number of carbonyl (C=O) groups excluding carboxylic acids is 8. The highest BCUT2D eigenvalue weighted by atomic mass is 16.2. The Morgan fingerprint density at radius 3 is 1.49 bits per heavy atom. The quantitative estimate of drug-likeness (QED) is 0.0892. The molecule has 0 aliphatic carbocycles. The molecule has 1 fully saturated rings. The van der Waals surface area contributed by atoms with Gasteiger partial charge in [0, 0.05) is 0 Å². The van der Waals surface area contributed by atoms with E-state index in [1.54, 1.807) is 0 Å². The zero-order valence-electron chi connectivity index (χ0n) is 23.8. The minimum absolute atomic E-state index is 0.299. The summed E-state index contributed by atoms with van der Waals surface area (Å²) < 4.78 is 0. The first-order valence-corrected chi connectivity index (χ1v) is 13.2. The fraction of sp³-hybridized carbons (Fsp3) is 0.667. The van der Waals surface area contributed by atoms with Crippen molar-refractivity contribution in [1.82, 2.24) is 42.5 Å². The molecule has 0 saturated carbocycles. The number of hydrogen-bond acceptors (Lipinski definition) is 9. The van der Waals surface area contributed by atoms with Gasteiger partial charge in [0.2, 0.25) is 47.3 Å². The lowest BCUT2D eigenvalue weighted by molar-refractivity contribution is -0.134. The average molecular weight is 584 g/mol. The van der Waals surface area contributed by atoms with Crippen molar-refractivity contribution in [3.05, 3.63) is 0 Å². The van der Waals surface area contributed by atoms with Crippen LogP contribution in [0.15, 0.2) is 0 Å². The minimum Gasteiger partial charge on any atom is -0.368 e. The Morgan fingerprint density at radius 1 is 0.634 bits per heavy atom. The Balaban J connectivity index is 2.41. The van der Waals surface area contributed by atoms with Crippen molar-refractivity contribution in [3.8, 4) is 0 Å². The summed E-state index contributed by atoms with van der Waals surface area (Å²) in [6.45, 7) is 6.85. The van der Waals surface area contributed by atoms with Crippen LogP contribution in [0.4, 0.5) is 0 Å². The van der Waals surface area contributed by atoms with Gasteiger partial charge in [-0.25, -0.2) is 0 Å². The first kappa shape index (κ1) is 34.7. The fourth-order valence-corrected chi connectivity index (χ4v) is 3.51. The second kappa shape index (κ2) is 16.7. The molecule has 8 amide bonds. The molecule has 1 rings (SSSR count). The van der Waals surface area contributed by atoms with Crippen LogP contribution in [0.2, 0.25) is 0 Å². The summed E-state index contributed by atoms with van der Waals surface area (Å²) in [4.78, 5) is 96.2. The summed E-state index contributed by atoms with van der Waals surface area (Å²) in [6.07, 6.45) is 1.55. The zero-order valence-corrected chi connectivity index (χ0v) is 23.8. The van der Waals surface area contributed by atoms with Gasteiger partial charge in [0.05, 0.1) is 19.1 Å². The maximum absolute atomic E-state index is 12.4. The SMILES string of the molecule is C[C@H](NC(=O)CNC(=O)[C@H](C)NC(=O)[C@@H]1CCCN1)C(=O)N[C@@H](C)C(=O)N[C@@H](C)C(=O)N[C@@H](C)C(=O)NCC(N)=O. The number of amides is 8. The monoisotopic (exact) mass is 583 g/mol. The molecule has 0 spiro atoms. The molecule has 1 heterocycles. The van der Waals surface area contributed by atoms with Gasteiger partial charge in [0.15, 0.2) is 0 Å². The van der Waals surface area contributed by atoms with Crippen molar-refractivity contribution in [2.45, 2.75) is 83.7 Å². The molecular weight excluding hydrogens is 542 g/mol. The third-order valence-corrected chi connectivity index (χ3v) is 6.02. The van der Waals surface area contributed by atoms with E-state index < -0.39 is 84.6 Å². The molecule has 17 heteroatoms. The van der Waals surface area contributed by atoms with E-state index in [0.29, 0.717) is 6.42 Å². The molecule has 6 atom stereocenters. The highest BCUT2D eigenvalue weighted by Crippen LogP contribution is 2.04. The molecule has 0 bridgehead atoms. The van der Waals surface area contributed by atoms with Crippen molar-refractivity contribution < 1.29 is 38.4 Å². The Bertz CT molecular complexity index is 1020. The van der Waals surface area contributed by atoms with Gasteiger partial charge in [-0.05, 0) is 54.0 Å². The lowest BCUT2D eigenvalue weighted by Gasteiger charge is -2.21. The second-order valence-corrected chi connectivity index (χ2v) is 9.76. The van der Waals surface area contributed by atoms with E-state index in [1.165, 1.54) is 34.6 Å². The summed E-state index contributed by atoms with van der Waals surface area (Å²) >= 11 is 0. The van der Waals surface area contributed by atoms with Crippen LogP contribution < -0.4 is 48.3 Å². The molecule has 1 saturated heterocycles. The van der Waals surface area contributed by atoms with Gasteiger partial charge in [-0.15, -0.1) is 0 Å². The standard InChI is InChI=1S/C24H41N9O8/c1-11(19(36)27-9-17(25)34)30-22(39)14(4)32-23(40)15(5)31-21(38)13(3)29-18(35)10-28-20(37)12(2)33-24(41)16-7-6-8-26-16/h11-16,26H,6-10H2,1-5H3,(H2,25,34)(H,27,36)(H,28,37)(H,29,35)(H,30,39)(H,31,38)(H,32,40)(H,33,41)/t11-,12-,13-,14-,15-,16-/m0/s1. The molecule has 1 aliphatic heterocycles. The maximum atomic E-state index is 12.4. The van der Waals surface area contributed by atoms with Crippen LogP contribution in [-0.4, -0.2) is 103 Å².